The third kappa shape index (κ3) is 2.95. The Morgan fingerprint density at radius 1 is 0.929 bits per heavy atom. The van der Waals surface area contributed by atoms with E-state index in [0.717, 1.165) is 10.4 Å². The van der Waals surface area contributed by atoms with Gasteiger partial charge < -0.3 is 4.42 Å². The quantitative estimate of drug-likeness (QED) is 0.407. The molecule has 5 aromatic rings. The van der Waals surface area contributed by atoms with E-state index in [4.69, 9.17) is 14.4 Å². The minimum Gasteiger partial charge on any atom is -0.440 e. The summed E-state index contributed by atoms with van der Waals surface area (Å²) in [6, 6.07) is 13.8. The number of pyridine rings is 1. The molecule has 0 atom stereocenters. The molecular weight excluding hydrogens is 375 g/mol. The molecule has 0 fully saturated rings. The molecule has 1 aromatic carbocycles. The third-order valence-electron chi connectivity index (χ3n) is 4.24. The number of nitrogens with zero attached hydrogens (tertiary/aromatic N) is 4. The van der Waals surface area contributed by atoms with Gasteiger partial charge in [0, 0.05) is 5.56 Å². The van der Waals surface area contributed by atoms with Gasteiger partial charge in [-0.1, -0.05) is 6.07 Å². The van der Waals surface area contributed by atoms with E-state index >= 15 is 0 Å². The summed E-state index contributed by atoms with van der Waals surface area (Å²) in [6.07, 6.45) is 1.65. The minimum atomic E-state index is -0.289. The Morgan fingerprint density at radius 3 is 2.50 bits per heavy atom. The van der Waals surface area contributed by atoms with Crippen LogP contribution in [0.2, 0.25) is 0 Å². The van der Waals surface area contributed by atoms with Gasteiger partial charge in [0.15, 0.2) is 5.65 Å². The van der Waals surface area contributed by atoms with Crippen molar-refractivity contribution in [3.8, 4) is 33.4 Å². The van der Waals surface area contributed by atoms with Crippen molar-refractivity contribution in [3.63, 3.8) is 0 Å². The summed E-state index contributed by atoms with van der Waals surface area (Å²) in [5, 5.41) is 1.98. The summed E-state index contributed by atoms with van der Waals surface area (Å²) < 4.78 is 18.9. The van der Waals surface area contributed by atoms with Gasteiger partial charge in [0.2, 0.25) is 5.89 Å². The van der Waals surface area contributed by atoms with Gasteiger partial charge >= 0.3 is 0 Å². The molecule has 0 unspecified atom stereocenters. The van der Waals surface area contributed by atoms with Crippen LogP contribution in [0, 0.1) is 12.7 Å². The molecule has 5 rings (SSSR count). The maximum atomic E-state index is 13.4. The Kier molecular flexibility index (Phi) is 3.95. The van der Waals surface area contributed by atoms with Crippen molar-refractivity contribution in [2.45, 2.75) is 6.92 Å². The van der Waals surface area contributed by atoms with Crippen LogP contribution >= 0.6 is 11.3 Å². The average Bonchev–Trinajstić information content (AvgIpc) is 3.39. The summed E-state index contributed by atoms with van der Waals surface area (Å²) in [5.74, 6) is 0.873. The molecular formula is C21H13FN4OS. The van der Waals surface area contributed by atoms with Gasteiger partial charge in [0.05, 0.1) is 16.8 Å². The van der Waals surface area contributed by atoms with Crippen LogP contribution in [0.3, 0.4) is 0 Å². The van der Waals surface area contributed by atoms with Gasteiger partial charge in [-0.25, -0.2) is 24.3 Å². The molecule has 7 heteroatoms. The fraction of sp³-hybridized carbons (Fsp3) is 0.0476. The molecule has 5 nitrogen and oxygen atoms in total. The normalized spacial score (nSPS) is 11.2. The van der Waals surface area contributed by atoms with Crippen LogP contribution in [0.15, 0.2) is 64.5 Å². The number of hydrogen-bond donors (Lipinski definition) is 0. The van der Waals surface area contributed by atoms with E-state index in [1.807, 2.05) is 36.6 Å². The van der Waals surface area contributed by atoms with E-state index in [0.29, 0.717) is 39.9 Å². The highest BCUT2D eigenvalue weighted by Gasteiger charge is 2.16. The monoisotopic (exact) mass is 388 g/mol. The first-order valence-electron chi connectivity index (χ1n) is 8.59. The summed E-state index contributed by atoms with van der Waals surface area (Å²) in [4.78, 5) is 19.3. The zero-order chi connectivity index (χ0) is 19.1. The lowest BCUT2D eigenvalue weighted by molar-refractivity contribution is 0.540. The van der Waals surface area contributed by atoms with Gasteiger partial charge in [-0.15, -0.1) is 11.3 Å². The zero-order valence-corrected chi connectivity index (χ0v) is 15.6. The van der Waals surface area contributed by atoms with E-state index < -0.39 is 0 Å². The molecule has 0 aliphatic heterocycles. The van der Waals surface area contributed by atoms with Crippen molar-refractivity contribution in [3.05, 3.63) is 71.7 Å². The van der Waals surface area contributed by atoms with Crippen molar-refractivity contribution in [2.24, 2.45) is 0 Å². The summed E-state index contributed by atoms with van der Waals surface area (Å²) >= 11 is 1.57. The number of aromatic nitrogens is 4. The van der Waals surface area contributed by atoms with Crippen LogP contribution in [-0.4, -0.2) is 19.9 Å². The second-order valence-electron chi connectivity index (χ2n) is 6.22. The van der Waals surface area contributed by atoms with Crippen molar-refractivity contribution >= 4 is 22.5 Å². The average molecular weight is 388 g/mol. The van der Waals surface area contributed by atoms with Gasteiger partial charge in [-0.2, -0.15) is 0 Å². The maximum Gasteiger partial charge on any atom is 0.245 e. The first-order chi connectivity index (χ1) is 13.7. The number of oxazole rings is 1. The molecule has 4 heterocycles. The number of thiophene rings is 1. The van der Waals surface area contributed by atoms with E-state index in [1.165, 1.54) is 12.1 Å². The van der Waals surface area contributed by atoms with Crippen LogP contribution in [0.4, 0.5) is 4.39 Å². The predicted molar refractivity (Wildman–Crippen MR) is 106 cm³/mol. The molecule has 0 saturated carbocycles. The number of hydrogen-bond acceptors (Lipinski definition) is 6. The van der Waals surface area contributed by atoms with Gasteiger partial charge in [0.1, 0.15) is 28.5 Å². The lowest BCUT2D eigenvalue weighted by Crippen LogP contribution is -1.97. The summed E-state index contributed by atoms with van der Waals surface area (Å²) in [5.41, 5.74) is 3.95. The van der Waals surface area contributed by atoms with Crippen molar-refractivity contribution < 1.29 is 8.81 Å². The zero-order valence-electron chi connectivity index (χ0n) is 14.8. The van der Waals surface area contributed by atoms with Crippen molar-refractivity contribution in [1.29, 1.82) is 0 Å². The molecule has 0 spiro atoms. The molecule has 0 saturated heterocycles. The largest absolute Gasteiger partial charge is 0.440 e. The summed E-state index contributed by atoms with van der Waals surface area (Å²) in [7, 11) is 0. The number of halogens is 1. The second kappa shape index (κ2) is 6.61. The van der Waals surface area contributed by atoms with Crippen molar-refractivity contribution in [1.82, 2.24) is 19.9 Å². The van der Waals surface area contributed by atoms with Crippen LogP contribution in [0.25, 0.3) is 44.6 Å². The lowest BCUT2D eigenvalue weighted by Gasteiger charge is -2.09. The summed E-state index contributed by atoms with van der Waals surface area (Å²) in [6.45, 7) is 1.83. The Bertz CT molecular complexity index is 1280. The molecule has 0 N–H and O–H groups in total. The smallest absolute Gasteiger partial charge is 0.245 e. The predicted octanol–water partition coefficient (Wildman–Crippen LogP) is 5.52. The van der Waals surface area contributed by atoms with E-state index in [-0.39, 0.29) is 5.82 Å². The molecule has 0 amide bonds. The number of benzene rings is 1. The highest BCUT2D eigenvalue weighted by molar-refractivity contribution is 7.13. The third-order valence-corrected chi connectivity index (χ3v) is 5.12. The molecule has 0 aliphatic carbocycles. The van der Waals surface area contributed by atoms with E-state index in [9.17, 15) is 4.39 Å². The standard InChI is InChI=1S/C21H13FN4OS/c1-12-11-23-21(27-12)16-9-8-15-20(25-16)26-19(17-3-2-10-28-17)18(24-15)13-4-6-14(22)7-5-13/h2-11H,1H3. The van der Waals surface area contributed by atoms with Gasteiger partial charge in [0.25, 0.3) is 0 Å². The fourth-order valence-electron chi connectivity index (χ4n) is 2.93. The van der Waals surface area contributed by atoms with Crippen LogP contribution in [0.1, 0.15) is 5.76 Å². The Balaban J connectivity index is 1.73. The van der Waals surface area contributed by atoms with Gasteiger partial charge in [-0.3, -0.25) is 0 Å². The second-order valence-corrected chi connectivity index (χ2v) is 7.17. The lowest BCUT2D eigenvalue weighted by atomic mass is 10.1. The molecule has 0 aliphatic rings. The fourth-order valence-corrected chi connectivity index (χ4v) is 3.64. The molecule has 136 valence electrons. The molecule has 0 radical (unpaired) electrons. The van der Waals surface area contributed by atoms with Gasteiger partial charge in [-0.05, 0) is 54.8 Å². The number of aryl methyl sites for hydroxylation is 1. The number of rotatable bonds is 3. The van der Waals surface area contributed by atoms with Crippen LogP contribution < -0.4 is 0 Å². The SMILES string of the molecule is Cc1cnc(-c2ccc3nc(-c4ccc(F)cc4)c(-c4cccs4)nc3n2)o1. The highest BCUT2D eigenvalue weighted by atomic mass is 32.1. The minimum absolute atomic E-state index is 0.289. The maximum absolute atomic E-state index is 13.4. The van der Waals surface area contributed by atoms with Crippen molar-refractivity contribution in [2.75, 3.05) is 0 Å². The number of fused-ring (bicyclic) bond motifs is 1. The van der Waals surface area contributed by atoms with E-state index in [1.54, 1.807) is 29.7 Å². The molecule has 4 aromatic heterocycles. The van der Waals surface area contributed by atoms with Crippen LogP contribution in [-0.2, 0) is 0 Å². The van der Waals surface area contributed by atoms with Crippen LogP contribution in [0.5, 0.6) is 0 Å². The first-order valence-corrected chi connectivity index (χ1v) is 9.47. The first kappa shape index (κ1) is 16.7. The van der Waals surface area contributed by atoms with E-state index in [2.05, 4.69) is 9.97 Å². The Labute approximate surface area is 163 Å². The Morgan fingerprint density at radius 2 is 1.79 bits per heavy atom. The highest BCUT2D eigenvalue weighted by Crippen LogP contribution is 2.33. The molecule has 0 bridgehead atoms. The molecule has 28 heavy (non-hydrogen) atoms. The Hall–Kier alpha value is -3.45. The topological polar surface area (TPSA) is 64.7 Å².